The Morgan fingerprint density at radius 1 is 1.12 bits per heavy atom. The first-order chi connectivity index (χ1) is 8.16. The van der Waals surface area contributed by atoms with Gasteiger partial charge in [-0.3, -0.25) is 4.98 Å². The van der Waals surface area contributed by atoms with Gasteiger partial charge in [-0.05, 0) is 31.5 Å². The lowest BCUT2D eigenvalue weighted by atomic mass is 10.1. The van der Waals surface area contributed by atoms with Crippen molar-refractivity contribution in [3.63, 3.8) is 0 Å². The summed E-state index contributed by atoms with van der Waals surface area (Å²) in [5.41, 5.74) is 2.13. The molecule has 0 aliphatic carbocycles. The lowest BCUT2D eigenvalue weighted by Crippen LogP contribution is -2.09. The molecule has 2 rings (SSSR count). The predicted octanol–water partition coefficient (Wildman–Crippen LogP) is 3.72. The zero-order valence-electron chi connectivity index (χ0n) is 9.81. The average molecular weight is 292 g/mol. The van der Waals surface area contributed by atoms with Crippen LogP contribution in [-0.2, 0) is 0 Å². The van der Waals surface area contributed by atoms with Gasteiger partial charge < -0.3 is 5.32 Å². The highest BCUT2D eigenvalue weighted by atomic mass is 79.9. The number of nitrogens with zero attached hydrogens (tertiary/aromatic N) is 2. The van der Waals surface area contributed by atoms with Crippen molar-refractivity contribution < 1.29 is 0 Å². The van der Waals surface area contributed by atoms with Crippen LogP contribution in [0.1, 0.15) is 24.2 Å². The maximum absolute atomic E-state index is 4.28. The van der Waals surface area contributed by atoms with Crippen molar-refractivity contribution in [1.82, 2.24) is 9.97 Å². The molecule has 0 spiro atoms. The molecule has 1 atom stereocenters. The molecule has 0 aliphatic rings. The number of hydrogen-bond donors (Lipinski definition) is 1. The molecular formula is C13H14BrN3. The van der Waals surface area contributed by atoms with Crippen LogP contribution in [0.3, 0.4) is 0 Å². The summed E-state index contributed by atoms with van der Waals surface area (Å²) in [6, 6.07) is 8.47. The van der Waals surface area contributed by atoms with Crippen LogP contribution in [0, 0.1) is 6.92 Å². The van der Waals surface area contributed by atoms with Crippen molar-refractivity contribution in [3.05, 3.63) is 52.4 Å². The van der Waals surface area contributed by atoms with Gasteiger partial charge in [0, 0.05) is 16.9 Å². The molecule has 0 radical (unpaired) electrons. The van der Waals surface area contributed by atoms with Crippen LogP contribution in [0.25, 0.3) is 0 Å². The molecule has 0 bridgehead atoms. The van der Waals surface area contributed by atoms with E-state index in [4.69, 9.17) is 0 Å². The van der Waals surface area contributed by atoms with E-state index in [0.29, 0.717) is 0 Å². The molecule has 1 unspecified atom stereocenters. The number of benzene rings is 1. The molecular weight excluding hydrogens is 278 g/mol. The van der Waals surface area contributed by atoms with Gasteiger partial charge in [-0.15, -0.1) is 0 Å². The first-order valence-electron chi connectivity index (χ1n) is 5.46. The SMILES string of the molecule is Cc1nccnc1NC(C)c1ccc(Br)cc1. The molecule has 88 valence electrons. The maximum atomic E-state index is 4.28. The molecule has 0 aliphatic heterocycles. The van der Waals surface area contributed by atoms with Gasteiger partial charge in [0.15, 0.2) is 0 Å². The lowest BCUT2D eigenvalue weighted by molar-refractivity contribution is 0.865. The number of aromatic nitrogens is 2. The second kappa shape index (κ2) is 5.27. The highest BCUT2D eigenvalue weighted by Gasteiger charge is 2.07. The van der Waals surface area contributed by atoms with E-state index in [2.05, 4.69) is 50.3 Å². The zero-order valence-corrected chi connectivity index (χ0v) is 11.4. The van der Waals surface area contributed by atoms with Gasteiger partial charge in [-0.2, -0.15) is 0 Å². The van der Waals surface area contributed by atoms with Gasteiger partial charge in [0.2, 0.25) is 0 Å². The van der Waals surface area contributed by atoms with Gasteiger partial charge in [0.1, 0.15) is 5.82 Å². The molecule has 1 aromatic carbocycles. The van der Waals surface area contributed by atoms with Gasteiger partial charge in [-0.25, -0.2) is 4.98 Å². The second-order valence-electron chi connectivity index (χ2n) is 3.91. The lowest BCUT2D eigenvalue weighted by Gasteiger charge is -2.15. The summed E-state index contributed by atoms with van der Waals surface area (Å²) < 4.78 is 1.09. The topological polar surface area (TPSA) is 37.8 Å². The quantitative estimate of drug-likeness (QED) is 0.937. The summed E-state index contributed by atoms with van der Waals surface area (Å²) in [6.45, 7) is 4.06. The average Bonchev–Trinajstić information content (AvgIpc) is 2.33. The Balaban J connectivity index is 2.14. The standard InChI is InChI=1S/C13H14BrN3/c1-9(11-3-5-12(14)6-4-11)17-13-10(2)15-7-8-16-13/h3-9H,1-2H3,(H,16,17). The normalized spacial score (nSPS) is 12.2. The summed E-state index contributed by atoms with van der Waals surface area (Å²) in [6.07, 6.45) is 3.40. The smallest absolute Gasteiger partial charge is 0.147 e. The van der Waals surface area contributed by atoms with Crippen molar-refractivity contribution in [3.8, 4) is 0 Å². The molecule has 1 N–H and O–H groups in total. The van der Waals surface area contributed by atoms with E-state index >= 15 is 0 Å². The molecule has 3 nitrogen and oxygen atoms in total. The van der Waals surface area contributed by atoms with Gasteiger partial charge in [-0.1, -0.05) is 28.1 Å². The Kier molecular flexibility index (Phi) is 3.74. The van der Waals surface area contributed by atoms with E-state index in [0.717, 1.165) is 16.0 Å². The fourth-order valence-electron chi connectivity index (χ4n) is 1.59. The Hall–Kier alpha value is -1.42. The van der Waals surface area contributed by atoms with Crippen LogP contribution in [0.2, 0.25) is 0 Å². The number of aryl methyl sites for hydroxylation is 1. The summed E-state index contributed by atoms with van der Waals surface area (Å²) in [4.78, 5) is 8.49. The van der Waals surface area contributed by atoms with Crippen molar-refractivity contribution in [2.45, 2.75) is 19.9 Å². The second-order valence-corrected chi connectivity index (χ2v) is 4.82. The Labute approximate surface area is 109 Å². The van der Waals surface area contributed by atoms with Crippen LogP contribution in [-0.4, -0.2) is 9.97 Å². The predicted molar refractivity (Wildman–Crippen MR) is 72.9 cm³/mol. The minimum Gasteiger partial charge on any atom is -0.362 e. The highest BCUT2D eigenvalue weighted by molar-refractivity contribution is 9.10. The van der Waals surface area contributed by atoms with Crippen molar-refractivity contribution in [1.29, 1.82) is 0 Å². The van der Waals surface area contributed by atoms with E-state index in [9.17, 15) is 0 Å². The van der Waals surface area contributed by atoms with Crippen LogP contribution >= 0.6 is 15.9 Å². The molecule has 0 amide bonds. The summed E-state index contributed by atoms with van der Waals surface area (Å²) in [7, 11) is 0. The van der Waals surface area contributed by atoms with Gasteiger partial charge in [0.25, 0.3) is 0 Å². The molecule has 2 aromatic rings. The molecule has 1 aromatic heterocycles. The molecule has 1 heterocycles. The minimum absolute atomic E-state index is 0.207. The van der Waals surface area contributed by atoms with Crippen molar-refractivity contribution >= 4 is 21.7 Å². The first kappa shape index (κ1) is 12.0. The van der Waals surface area contributed by atoms with E-state index in [1.807, 2.05) is 19.1 Å². The number of nitrogens with one attached hydrogen (secondary N) is 1. The van der Waals surface area contributed by atoms with Crippen molar-refractivity contribution in [2.24, 2.45) is 0 Å². The van der Waals surface area contributed by atoms with Crippen LogP contribution in [0.15, 0.2) is 41.1 Å². The number of rotatable bonds is 3. The monoisotopic (exact) mass is 291 g/mol. The summed E-state index contributed by atoms with van der Waals surface area (Å²) in [5, 5.41) is 3.36. The van der Waals surface area contributed by atoms with Crippen LogP contribution in [0.4, 0.5) is 5.82 Å². The zero-order chi connectivity index (χ0) is 12.3. The van der Waals surface area contributed by atoms with Crippen LogP contribution < -0.4 is 5.32 Å². The molecule has 0 fully saturated rings. The van der Waals surface area contributed by atoms with Crippen molar-refractivity contribution in [2.75, 3.05) is 5.32 Å². The Morgan fingerprint density at radius 3 is 2.41 bits per heavy atom. The number of hydrogen-bond acceptors (Lipinski definition) is 3. The fourth-order valence-corrected chi connectivity index (χ4v) is 1.85. The van der Waals surface area contributed by atoms with E-state index < -0.39 is 0 Å². The third-order valence-corrected chi connectivity index (χ3v) is 3.13. The highest BCUT2D eigenvalue weighted by Crippen LogP contribution is 2.20. The van der Waals surface area contributed by atoms with Gasteiger partial charge in [0.05, 0.1) is 11.7 Å². The largest absolute Gasteiger partial charge is 0.362 e. The molecule has 0 saturated carbocycles. The third-order valence-electron chi connectivity index (χ3n) is 2.60. The minimum atomic E-state index is 0.207. The van der Waals surface area contributed by atoms with Crippen LogP contribution in [0.5, 0.6) is 0 Å². The maximum Gasteiger partial charge on any atom is 0.147 e. The molecule has 4 heteroatoms. The summed E-state index contributed by atoms with van der Waals surface area (Å²) in [5.74, 6) is 0.836. The molecule has 0 saturated heterocycles. The summed E-state index contributed by atoms with van der Waals surface area (Å²) >= 11 is 3.43. The molecule has 17 heavy (non-hydrogen) atoms. The van der Waals surface area contributed by atoms with Gasteiger partial charge >= 0.3 is 0 Å². The first-order valence-corrected chi connectivity index (χ1v) is 6.25. The third kappa shape index (κ3) is 3.03. The number of halogens is 1. The fraction of sp³-hybridized carbons (Fsp3) is 0.231. The Bertz CT molecular complexity index is 496. The van der Waals surface area contributed by atoms with E-state index in [1.165, 1.54) is 5.56 Å². The Morgan fingerprint density at radius 2 is 1.76 bits per heavy atom. The number of anilines is 1. The van der Waals surface area contributed by atoms with E-state index in [1.54, 1.807) is 12.4 Å². The van der Waals surface area contributed by atoms with E-state index in [-0.39, 0.29) is 6.04 Å².